The second kappa shape index (κ2) is 7.79. The Hall–Kier alpha value is -3.81. The number of esters is 1. The maximum Gasteiger partial charge on any atom is 0.330 e. The van der Waals surface area contributed by atoms with Gasteiger partial charge in [0.05, 0.1) is 22.0 Å². The summed E-state index contributed by atoms with van der Waals surface area (Å²) in [7, 11) is 0. The summed E-state index contributed by atoms with van der Waals surface area (Å²) in [5.41, 5.74) is 0.660. The Labute approximate surface area is 177 Å². The Kier molecular flexibility index (Phi) is 5.14. The van der Waals surface area contributed by atoms with E-state index >= 15 is 0 Å². The van der Waals surface area contributed by atoms with E-state index < -0.39 is 29.9 Å². The van der Waals surface area contributed by atoms with Gasteiger partial charge in [-0.05, 0) is 37.1 Å². The van der Waals surface area contributed by atoms with Crippen LogP contribution in [0.3, 0.4) is 0 Å². The molecule has 2 aromatic carbocycles. The maximum absolute atomic E-state index is 13.1. The molecule has 0 saturated heterocycles. The van der Waals surface area contributed by atoms with Gasteiger partial charge in [-0.2, -0.15) is 0 Å². The van der Waals surface area contributed by atoms with Crippen molar-refractivity contribution in [3.63, 3.8) is 0 Å². The highest BCUT2D eigenvalue weighted by atomic mass is 16.5. The number of aromatic nitrogens is 2. The van der Waals surface area contributed by atoms with Crippen LogP contribution in [0.15, 0.2) is 53.3 Å². The minimum atomic E-state index is -1.11. The lowest BCUT2D eigenvalue weighted by Crippen LogP contribution is -2.48. The van der Waals surface area contributed by atoms with Crippen molar-refractivity contribution in [2.24, 2.45) is 5.92 Å². The highest BCUT2D eigenvalue weighted by Gasteiger charge is 2.45. The van der Waals surface area contributed by atoms with E-state index in [4.69, 9.17) is 4.74 Å². The number of ether oxygens (including phenoxy) is 1. The van der Waals surface area contributed by atoms with Crippen molar-refractivity contribution in [3.05, 3.63) is 75.8 Å². The molecule has 0 fully saturated rings. The quantitative estimate of drug-likeness (QED) is 0.503. The van der Waals surface area contributed by atoms with Crippen molar-refractivity contribution in [1.82, 2.24) is 14.9 Å². The average molecular weight is 419 g/mol. The molecule has 2 atom stereocenters. The molecular formula is C23H21N3O5. The molecule has 1 aliphatic rings. The van der Waals surface area contributed by atoms with Gasteiger partial charge in [-0.15, -0.1) is 0 Å². The SMILES string of the molecule is CC(C)[C@@H](C(=O)O[C@H](C)c1nc2ccccc2c(=O)[nH]1)N1C(=O)c2ccccc2C1=O. The predicted molar refractivity (Wildman–Crippen MR) is 112 cm³/mol. The van der Waals surface area contributed by atoms with E-state index in [9.17, 15) is 19.2 Å². The number of H-pyrrole nitrogens is 1. The molecule has 1 aliphatic heterocycles. The van der Waals surface area contributed by atoms with Crippen LogP contribution in [0.1, 0.15) is 53.4 Å². The first kappa shape index (κ1) is 20.5. The number of carbonyl (C=O) groups is 3. The zero-order valence-corrected chi connectivity index (χ0v) is 17.3. The lowest BCUT2D eigenvalue weighted by atomic mass is 10.0. The monoisotopic (exact) mass is 419 g/mol. The first-order chi connectivity index (χ1) is 14.8. The van der Waals surface area contributed by atoms with E-state index in [1.165, 1.54) is 0 Å². The number of amides is 2. The first-order valence-electron chi connectivity index (χ1n) is 9.96. The Bertz CT molecular complexity index is 1230. The fraction of sp³-hybridized carbons (Fsp3) is 0.261. The van der Waals surface area contributed by atoms with Crippen LogP contribution in [-0.4, -0.2) is 38.7 Å². The first-order valence-corrected chi connectivity index (χ1v) is 9.96. The second-order valence-electron chi connectivity index (χ2n) is 7.76. The highest BCUT2D eigenvalue weighted by Crippen LogP contribution is 2.28. The number of imide groups is 1. The van der Waals surface area contributed by atoms with Crippen molar-refractivity contribution in [2.45, 2.75) is 32.9 Å². The molecule has 4 rings (SSSR count). The highest BCUT2D eigenvalue weighted by molar-refractivity contribution is 6.22. The molecule has 2 heterocycles. The lowest BCUT2D eigenvalue weighted by molar-refractivity contribution is -0.155. The van der Waals surface area contributed by atoms with E-state index in [1.807, 2.05) is 0 Å². The number of nitrogens with zero attached hydrogens (tertiary/aromatic N) is 2. The van der Waals surface area contributed by atoms with Crippen molar-refractivity contribution in [3.8, 4) is 0 Å². The van der Waals surface area contributed by atoms with Crippen LogP contribution in [0.25, 0.3) is 10.9 Å². The Morgan fingerprint density at radius 1 is 0.935 bits per heavy atom. The third-order valence-electron chi connectivity index (χ3n) is 5.29. The minimum absolute atomic E-state index is 0.182. The largest absolute Gasteiger partial charge is 0.453 e. The molecule has 0 spiro atoms. The fourth-order valence-electron chi connectivity index (χ4n) is 3.73. The van der Waals surface area contributed by atoms with Gasteiger partial charge >= 0.3 is 5.97 Å². The van der Waals surface area contributed by atoms with Crippen LogP contribution in [0.4, 0.5) is 0 Å². The summed E-state index contributed by atoms with van der Waals surface area (Å²) in [6.45, 7) is 5.04. The molecule has 0 aliphatic carbocycles. The summed E-state index contributed by atoms with van der Waals surface area (Å²) >= 11 is 0. The van der Waals surface area contributed by atoms with Gasteiger partial charge in [0.15, 0.2) is 11.9 Å². The van der Waals surface area contributed by atoms with Crippen molar-refractivity contribution >= 4 is 28.7 Å². The Balaban J connectivity index is 1.61. The van der Waals surface area contributed by atoms with Crippen LogP contribution < -0.4 is 5.56 Å². The van der Waals surface area contributed by atoms with Crippen LogP contribution in [-0.2, 0) is 9.53 Å². The van der Waals surface area contributed by atoms with Crippen molar-refractivity contribution in [2.75, 3.05) is 0 Å². The molecule has 31 heavy (non-hydrogen) atoms. The smallest absolute Gasteiger partial charge is 0.330 e. The summed E-state index contributed by atoms with van der Waals surface area (Å²) in [4.78, 5) is 59.0. The number of para-hydroxylation sites is 1. The number of rotatable bonds is 5. The normalized spacial score (nSPS) is 15.3. The molecule has 8 heteroatoms. The summed E-state index contributed by atoms with van der Waals surface area (Å²) in [6, 6.07) is 12.2. The summed E-state index contributed by atoms with van der Waals surface area (Å²) in [5, 5.41) is 0.427. The van der Waals surface area contributed by atoms with Gasteiger partial charge in [0.1, 0.15) is 6.04 Å². The summed E-state index contributed by atoms with van der Waals surface area (Å²) < 4.78 is 5.55. The number of benzene rings is 2. The van der Waals surface area contributed by atoms with Crippen molar-refractivity contribution in [1.29, 1.82) is 0 Å². The number of hydrogen-bond acceptors (Lipinski definition) is 6. The molecule has 1 aromatic heterocycles. The van der Waals surface area contributed by atoms with Crippen LogP contribution >= 0.6 is 0 Å². The molecule has 158 valence electrons. The van der Waals surface area contributed by atoms with Crippen LogP contribution in [0, 0.1) is 5.92 Å². The molecule has 0 radical (unpaired) electrons. The number of carbonyl (C=O) groups excluding carboxylic acids is 3. The zero-order chi connectivity index (χ0) is 22.3. The van der Waals surface area contributed by atoms with Gasteiger partial charge in [0.2, 0.25) is 0 Å². The summed E-state index contributed by atoms with van der Waals surface area (Å²) in [5.74, 6) is -2.00. The topological polar surface area (TPSA) is 109 Å². The van der Waals surface area contributed by atoms with Gasteiger partial charge in [-0.25, -0.2) is 9.78 Å². The average Bonchev–Trinajstić information content (AvgIpc) is 2.99. The van der Waals surface area contributed by atoms with Crippen LogP contribution in [0.5, 0.6) is 0 Å². The van der Waals surface area contributed by atoms with Crippen LogP contribution in [0.2, 0.25) is 0 Å². The minimum Gasteiger partial charge on any atom is -0.453 e. The molecule has 1 N–H and O–H groups in total. The second-order valence-corrected chi connectivity index (χ2v) is 7.76. The van der Waals surface area contributed by atoms with E-state index in [1.54, 1.807) is 69.3 Å². The molecule has 0 unspecified atom stereocenters. The zero-order valence-electron chi connectivity index (χ0n) is 17.3. The molecule has 0 bridgehead atoms. The van der Waals surface area contributed by atoms with Gasteiger partial charge < -0.3 is 9.72 Å². The molecular weight excluding hydrogens is 398 g/mol. The molecule has 3 aromatic rings. The van der Waals surface area contributed by atoms with E-state index in [-0.39, 0.29) is 28.4 Å². The lowest BCUT2D eigenvalue weighted by Gasteiger charge is -2.28. The van der Waals surface area contributed by atoms with Crippen molar-refractivity contribution < 1.29 is 19.1 Å². The molecule has 2 amide bonds. The van der Waals surface area contributed by atoms with E-state index in [0.717, 1.165) is 4.90 Å². The Morgan fingerprint density at radius 2 is 1.52 bits per heavy atom. The Morgan fingerprint density at radius 3 is 2.13 bits per heavy atom. The van der Waals surface area contributed by atoms with E-state index in [0.29, 0.717) is 10.9 Å². The number of nitrogens with one attached hydrogen (secondary N) is 1. The standard InChI is InChI=1S/C23H21N3O5/c1-12(2)18(26-21(28)14-8-4-5-9-15(14)22(26)29)23(30)31-13(3)19-24-17-11-7-6-10-16(17)20(27)25-19/h4-13,18H,1-3H3,(H,24,25,27)/t13-,18+/m1/s1. The molecule has 8 nitrogen and oxygen atoms in total. The summed E-state index contributed by atoms with van der Waals surface area (Å²) in [6.07, 6.45) is -0.888. The van der Waals surface area contributed by atoms with E-state index in [2.05, 4.69) is 9.97 Å². The van der Waals surface area contributed by atoms with Gasteiger partial charge in [0.25, 0.3) is 17.4 Å². The fourth-order valence-corrected chi connectivity index (χ4v) is 3.73. The third-order valence-corrected chi connectivity index (χ3v) is 5.29. The number of fused-ring (bicyclic) bond motifs is 2. The molecule has 0 saturated carbocycles. The number of hydrogen-bond donors (Lipinski definition) is 1. The van der Waals surface area contributed by atoms with Gasteiger partial charge in [0, 0.05) is 0 Å². The van der Waals surface area contributed by atoms with Gasteiger partial charge in [-0.3, -0.25) is 19.3 Å². The maximum atomic E-state index is 13.1. The number of aromatic amines is 1. The third kappa shape index (κ3) is 3.50. The predicted octanol–water partition coefficient (Wildman–Crippen LogP) is 2.85. The van der Waals surface area contributed by atoms with Gasteiger partial charge in [-0.1, -0.05) is 38.1 Å².